The second-order valence-corrected chi connectivity index (χ2v) is 6.00. The predicted octanol–water partition coefficient (Wildman–Crippen LogP) is 1.98. The van der Waals surface area contributed by atoms with Gasteiger partial charge in [0.25, 0.3) is 0 Å². The number of amidine groups is 1. The van der Waals surface area contributed by atoms with E-state index in [1.54, 1.807) is 6.20 Å². The molecule has 0 bridgehead atoms. The van der Waals surface area contributed by atoms with E-state index in [2.05, 4.69) is 9.98 Å². The normalized spacial score (nSPS) is 18.1. The Hall–Kier alpha value is -2.69. The highest BCUT2D eigenvalue weighted by molar-refractivity contribution is 6.00. The first-order chi connectivity index (χ1) is 11.2. The average molecular weight is 307 g/mol. The van der Waals surface area contributed by atoms with Gasteiger partial charge in [0.2, 0.25) is 0 Å². The molecule has 5 nitrogen and oxygen atoms in total. The molecule has 2 aromatic rings. The van der Waals surface area contributed by atoms with Gasteiger partial charge in [-0.15, -0.1) is 0 Å². The lowest BCUT2D eigenvalue weighted by atomic mass is 9.94. The third-order valence-electron chi connectivity index (χ3n) is 4.39. The molecular formula is C18H17N3O2. The number of pyridine rings is 1. The number of ether oxygens (including phenoxy) is 1. The Morgan fingerprint density at radius 3 is 3.13 bits per heavy atom. The van der Waals surface area contributed by atoms with Crippen LogP contribution >= 0.6 is 0 Å². The van der Waals surface area contributed by atoms with Crippen molar-refractivity contribution in [2.75, 3.05) is 6.61 Å². The topological polar surface area (TPSA) is 77.6 Å². The van der Waals surface area contributed by atoms with Crippen LogP contribution in [0.15, 0.2) is 41.5 Å². The first-order valence-electron chi connectivity index (χ1n) is 7.72. The van der Waals surface area contributed by atoms with Crippen LogP contribution in [0.4, 0.5) is 0 Å². The number of benzene rings is 1. The fourth-order valence-corrected chi connectivity index (χ4v) is 3.21. The van der Waals surface area contributed by atoms with Gasteiger partial charge in [-0.05, 0) is 17.7 Å². The van der Waals surface area contributed by atoms with Crippen molar-refractivity contribution in [1.82, 2.24) is 4.98 Å². The van der Waals surface area contributed by atoms with Crippen molar-refractivity contribution >= 4 is 11.6 Å². The van der Waals surface area contributed by atoms with E-state index in [1.807, 2.05) is 30.3 Å². The number of carbonyl (C=O) groups is 1. The Morgan fingerprint density at radius 2 is 2.22 bits per heavy atom. The highest BCUT2D eigenvalue weighted by Gasteiger charge is 2.26. The van der Waals surface area contributed by atoms with Crippen molar-refractivity contribution < 1.29 is 9.53 Å². The van der Waals surface area contributed by atoms with E-state index >= 15 is 0 Å². The maximum atomic E-state index is 12.4. The molecule has 5 heteroatoms. The van der Waals surface area contributed by atoms with Crippen molar-refractivity contribution in [3.8, 4) is 5.75 Å². The minimum Gasteiger partial charge on any atom is -0.493 e. The summed E-state index contributed by atoms with van der Waals surface area (Å²) in [6.45, 7) is 1.15. The Kier molecular flexibility index (Phi) is 3.33. The fraction of sp³-hybridized carbons (Fsp3) is 0.278. The third-order valence-corrected chi connectivity index (χ3v) is 4.39. The van der Waals surface area contributed by atoms with Crippen molar-refractivity contribution in [2.45, 2.75) is 25.3 Å². The Bertz CT molecular complexity index is 814. The van der Waals surface area contributed by atoms with E-state index in [-0.39, 0.29) is 11.7 Å². The maximum Gasteiger partial charge on any atom is 0.139 e. The van der Waals surface area contributed by atoms with E-state index in [9.17, 15) is 4.79 Å². The van der Waals surface area contributed by atoms with Crippen LogP contribution in [0.1, 0.15) is 34.7 Å². The molecule has 2 aliphatic rings. The lowest BCUT2D eigenvalue weighted by molar-refractivity contribution is -0.118. The first-order valence-corrected chi connectivity index (χ1v) is 7.72. The third kappa shape index (κ3) is 2.59. The van der Waals surface area contributed by atoms with Crippen molar-refractivity contribution in [2.24, 2.45) is 10.7 Å². The molecule has 2 aliphatic heterocycles. The van der Waals surface area contributed by atoms with Crippen LogP contribution in [0, 0.1) is 0 Å². The smallest absolute Gasteiger partial charge is 0.139 e. The van der Waals surface area contributed by atoms with Gasteiger partial charge in [-0.25, -0.2) is 0 Å². The molecule has 0 aliphatic carbocycles. The number of carbonyl (C=O) groups excluding carboxylic acids is 1. The van der Waals surface area contributed by atoms with E-state index in [0.29, 0.717) is 31.8 Å². The summed E-state index contributed by atoms with van der Waals surface area (Å²) in [5, 5.41) is 0. The largest absolute Gasteiger partial charge is 0.493 e. The van der Waals surface area contributed by atoms with Gasteiger partial charge in [-0.2, -0.15) is 0 Å². The number of Topliss-reactive ketones (excluding diaryl/α,β-unsaturated/α-hetero) is 1. The summed E-state index contributed by atoms with van der Waals surface area (Å²) in [7, 11) is 0. The van der Waals surface area contributed by atoms with E-state index < -0.39 is 0 Å². The molecule has 0 radical (unpaired) electrons. The second kappa shape index (κ2) is 5.50. The lowest BCUT2D eigenvalue weighted by Gasteiger charge is -2.08. The van der Waals surface area contributed by atoms with Crippen LogP contribution in [0.25, 0.3) is 0 Å². The first kappa shape index (κ1) is 13.9. The van der Waals surface area contributed by atoms with Gasteiger partial charge in [0.1, 0.15) is 17.4 Å². The highest BCUT2D eigenvalue weighted by atomic mass is 16.5. The Morgan fingerprint density at radius 1 is 1.35 bits per heavy atom. The van der Waals surface area contributed by atoms with Crippen LogP contribution in [-0.2, 0) is 17.8 Å². The average Bonchev–Trinajstić information content (AvgIpc) is 3.12. The van der Waals surface area contributed by atoms with Gasteiger partial charge in [0, 0.05) is 41.8 Å². The van der Waals surface area contributed by atoms with Crippen LogP contribution in [0.5, 0.6) is 5.75 Å². The predicted molar refractivity (Wildman–Crippen MR) is 86.7 cm³/mol. The minimum absolute atomic E-state index is 0.145. The molecule has 116 valence electrons. The molecule has 1 aromatic carbocycles. The number of nitrogens with two attached hydrogens (primary N) is 1. The number of hydrogen-bond acceptors (Lipinski definition) is 5. The number of hydrogen-bond donors (Lipinski definition) is 1. The summed E-state index contributed by atoms with van der Waals surface area (Å²) in [6.07, 6.45) is 2.54. The summed E-state index contributed by atoms with van der Waals surface area (Å²) in [5.74, 6) is 1.75. The minimum atomic E-state index is 0.145. The Balaban J connectivity index is 1.44. The molecule has 0 spiro atoms. The maximum absolute atomic E-state index is 12.4. The molecule has 23 heavy (non-hydrogen) atoms. The summed E-state index contributed by atoms with van der Waals surface area (Å²) in [5.41, 5.74) is 9.63. The zero-order valence-corrected chi connectivity index (χ0v) is 12.7. The van der Waals surface area contributed by atoms with Gasteiger partial charge >= 0.3 is 0 Å². The summed E-state index contributed by atoms with van der Waals surface area (Å²) in [4.78, 5) is 20.9. The monoisotopic (exact) mass is 307 g/mol. The van der Waals surface area contributed by atoms with Gasteiger partial charge in [-0.1, -0.05) is 18.2 Å². The standard InChI is InChI=1S/C18H17N3O2/c19-18-16-9-20-13(5-11(16)8-21-18)7-14(22)6-12-10-23-17-4-2-1-3-15(12)17/h1-5,9,12H,6-8,10H2,(H2,19,21). The SMILES string of the molecule is NC1=NCc2cc(CC(=O)CC3COc4ccccc43)ncc21. The fourth-order valence-electron chi connectivity index (χ4n) is 3.21. The van der Waals surface area contributed by atoms with Gasteiger partial charge in [0.15, 0.2) is 0 Å². The number of para-hydroxylation sites is 1. The van der Waals surface area contributed by atoms with Crippen LogP contribution < -0.4 is 10.5 Å². The molecule has 1 unspecified atom stereocenters. The molecule has 1 aromatic heterocycles. The summed E-state index contributed by atoms with van der Waals surface area (Å²) >= 11 is 0. The molecule has 0 saturated heterocycles. The van der Waals surface area contributed by atoms with Crippen LogP contribution in [-0.4, -0.2) is 23.2 Å². The molecule has 0 amide bonds. The molecule has 4 rings (SSSR count). The van der Waals surface area contributed by atoms with Crippen molar-refractivity contribution in [3.05, 3.63) is 58.9 Å². The van der Waals surface area contributed by atoms with Crippen molar-refractivity contribution in [1.29, 1.82) is 0 Å². The summed E-state index contributed by atoms with van der Waals surface area (Å²) in [6, 6.07) is 9.86. The van der Waals surface area contributed by atoms with E-state index in [0.717, 1.165) is 28.1 Å². The number of nitrogens with zero attached hydrogens (tertiary/aromatic N) is 2. The molecule has 2 N–H and O–H groups in total. The zero-order valence-electron chi connectivity index (χ0n) is 12.7. The van der Waals surface area contributed by atoms with Gasteiger partial charge in [-0.3, -0.25) is 14.8 Å². The van der Waals surface area contributed by atoms with Gasteiger partial charge < -0.3 is 10.5 Å². The molecular weight excluding hydrogens is 290 g/mol. The number of fused-ring (bicyclic) bond motifs is 2. The second-order valence-electron chi connectivity index (χ2n) is 6.00. The zero-order chi connectivity index (χ0) is 15.8. The number of aliphatic imine (C=N–C) groups is 1. The molecule has 0 fully saturated rings. The number of rotatable bonds is 4. The molecule has 0 saturated carbocycles. The van der Waals surface area contributed by atoms with Crippen LogP contribution in [0.3, 0.4) is 0 Å². The highest BCUT2D eigenvalue weighted by Crippen LogP contribution is 2.35. The Labute approximate surface area is 134 Å². The quantitative estimate of drug-likeness (QED) is 0.937. The number of aromatic nitrogens is 1. The number of ketones is 1. The van der Waals surface area contributed by atoms with E-state index in [4.69, 9.17) is 10.5 Å². The molecule has 1 atom stereocenters. The summed E-state index contributed by atoms with van der Waals surface area (Å²) < 4.78 is 5.64. The van der Waals surface area contributed by atoms with Gasteiger partial charge in [0.05, 0.1) is 13.2 Å². The van der Waals surface area contributed by atoms with E-state index in [1.165, 1.54) is 0 Å². The molecule has 3 heterocycles. The van der Waals surface area contributed by atoms with Crippen LogP contribution in [0.2, 0.25) is 0 Å². The van der Waals surface area contributed by atoms with Crippen molar-refractivity contribution in [3.63, 3.8) is 0 Å². The lowest BCUT2D eigenvalue weighted by Crippen LogP contribution is -2.13.